The summed E-state index contributed by atoms with van der Waals surface area (Å²) in [4.78, 5) is 16.4. The SMILES string of the molecule is CNc1cccc(C(=O)Nc2ccc(Oc3ccccc3)cc2)n1. The molecule has 0 saturated heterocycles. The number of nitrogens with one attached hydrogen (secondary N) is 2. The van der Waals surface area contributed by atoms with E-state index in [4.69, 9.17) is 4.74 Å². The van der Waals surface area contributed by atoms with Crippen LogP contribution in [-0.2, 0) is 0 Å². The van der Waals surface area contributed by atoms with Crippen molar-refractivity contribution in [1.29, 1.82) is 0 Å². The van der Waals surface area contributed by atoms with Crippen molar-refractivity contribution in [3.05, 3.63) is 78.5 Å². The number of aromatic nitrogens is 1. The fraction of sp³-hybridized carbons (Fsp3) is 0.0526. The first-order valence-corrected chi connectivity index (χ1v) is 7.54. The van der Waals surface area contributed by atoms with E-state index >= 15 is 0 Å². The minimum atomic E-state index is -0.260. The van der Waals surface area contributed by atoms with E-state index in [1.54, 1.807) is 49.5 Å². The lowest BCUT2D eigenvalue weighted by molar-refractivity contribution is 0.102. The monoisotopic (exact) mass is 319 g/mol. The number of rotatable bonds is 5. The van der Waals surface area contributed by atoms with Crippen LogP contribution in [0.15, 0.2) is 72.8 Å². The molecule has 0 spiro atoms. The Bertz CT molecular complexity index is 818. The number of hydrogen-bond acceptors (Lipinski definition) is 4. The molecule has 0 aliphatic rings. The molecule has 5 heteroatoms. The smallest absolute Gasteiger partial charge is 0.274 e. The van der Waals surface area contributed by atoms with Crippen LogP contribution in [0.25, 0.3) is 0 Å². The van der Waals surface area contributed by atoms with E-state index in [1.165, 1.54) is 0 Å². The second kappa shape index (κ2) is 7.28. The predicted octanol–water partition coefficient (Wildman–Crippen LogP) is 4.17. The first-order chi connectivity index (χ1) is 11.7. The van der Waals surface area contributed by atoms with Crippen molar-refractivity contribution in [2.75, 3.05) is 17.7 Å². The van der Waals surface area contributed by atoms with Gasteiger partial charge in [-0.2, -0.15) is 0 Å². The Morgan fingerprint density at radius 3 is 2.29 bits per heavy atom. The molecule has 0 fully saturated rings. The van der Waals surface area contributed by atoms with Crippen LogP contribution in [0.4, 0.5) is 11.5 Å². The van der Waals surface area contributed by atoms with Gasteiger partial charge in [0.15, 0.2) is 0 Å². The molecular weight excluding hydrogens is 302 g/mol. The van der Waals surface area contributed by atoms with Crippen molar-refractivity contribution in [2.45, 2.75) is 0 Å². The van der Waals surface area contributed by atoms with Gasteiger partial charge >= 0.3 is 0 Å². The highest BCUT2D eigenvalue weighted by Gasteiger charge is 2.08. The summed E-state index contributed by atoms with van der Waals surface area (Å²) in [5.74, 6) is 1.86. The van der Waals surface area contributed by atoms with E-state index in [9.17, 15) is 4.79 Å². The van der Waals surface area contributed by atoms with Gasteiger partial charge in [-0.15, -0.1) is 0 Å². The third-order valence-corrected chi connectivity index (χ3v) is 3.33. The average Bonchev–Trinajstić information content (AvgIpc) is 2.64. The standard InChI is InChI=1S/C19H17N3O2/c1-20-18-9-5-8-17(22-18)19(23)21-14-10-12-16(13-11-14)24-15-6-3-2-4-7-15/h2-13H,1H3,(H,20,22)(H,21,23). The Balaban J connectivity index is 1.66. The summed E-state index contributed by atoms with van der Waals surface area (Å²) in [6.45, 7) is 0. The number of anilines is 2. The normalized spacial score (nSPS) is 10.0. The van der Waals surface area contributed by atoms with Gasteiger partial charge in [0, 0.05) is 12.7 Å². The Kier molecular flexibility index (Phi) is 4.72. The van der Waals surface area contributed by atoms with Gasteiger partial charge in [-0.25, -0.2) is 4.98 Å². The summed E-state index contributed by atoms with van der Waals surface area (Å²) in [6, 6.07) is 22.0. The first kappa shape index (κ1) is 15.6. The minimum Gasteiger partial charge on any atom is -0.457 e. The predicted molar refractivity (Wildman–Crippen MR) is 94.7 cm³/mol. The Morgan fingerprint density at radius 2 is 1.58 bits per heavy atom. The van der Waals surface area contributed by atoms with E-state index in [2.05, 4.69) is 15.6 Å². The molecule has 24 heavy (non-hydrogen) atoms. The number of carbonyl (C=O) groups excluding carboxylic acids is 1. The summed E-state index contributed by atoms with van der Waals surface area (Å²) in [7, 11) is 1.76. The molecule has 120 valence electrons. The van der Waals surface area contributed by atoms with Crippen molar-refractivity contribution in [2.24, 2.45) is 0 Å². The molecule has 5 nitrogen and oxygen atoms in total. The number of amides is 1. The molecule has 2 N–H and O–H groups in total. The van der Waals surface area contributed by atoms with E-state index in [-0.39, 0.29) is 5.91 Å². The fourth-order valence-electron chi connectivity index (χ4n) is 2.13. The number of pyridine rings is 1. The summed E-state index contributed by atoms with van der Waals surface area (Å²) < 4.78 is 5.72. The van der Waals surface area contributed by atoms with Crippen LogP contribution in [0.3, 0.4) is 0 Å². The maximum Gasteiger partial charge on any atom is 0.274 e. The van der Waals surface area contributed by atoms with Gasteiger partial charge in [0.2, 0.25) is 0 Å². The average molecular weight is 319 g/mol. The minimum absolute atomic E-state index is 0.260. The highest BCUT2D eigenvalue weighted by atomic mass is 16.5. The van der Waals surface area contributed by atoms with Crippen molar-refractivity contribution in [3.8, 4) is 11.5 Å². The highest BCUT2D eigenvalue weighted by molar-refractivity contribution is 6.03. The van der Waals surface area contributed by atoms with Crippen LogP contribution >= 0.6 is 0 Å². The Morgan fingerprint density at radius 1 is 0.875 bits per heavy atom. The molecule has 1 aromatic heterocycles. The van der Waals surface area contributed by atoms with Crippen molar-refractivity contribution >= 4 is 17.4 Å². The van der Waals surface area contributed by atoms with Gasteiger partial charge in [-0.1, -0.05) is 24.3 Å². The molecule has 0 aliphatic heterocycles. The van der Waals surface area contributed by atoms with Crippen molar-refractivity contribution in [1.82, 2.24) is 4.98 Å². The van der Waals surface area contributed by atoms with Crippen LogP contribution < -0.4 is 15.4 Å². The third-order valence-electron chi connectivity index (χ3n) is 3.33. The van der Waals surface area contributed by atoms with Gasteiger partial charge in [0.05, 0.1) is 0 Å². The summed E-state index contributed by atoms with van der Waals surface area (Å²) in [5, 5.41) is 5.72. The number of ether oxygens (including phenoxy) is 1. The van der Waals surface area contributed by atoms with Crippen LogP contribution in [0.5, 0.6) is 11.5 Å². The van der Waals surface area contributed by atoms with E-state index < -0.39 is 0 Å². The number of para-hydroxylation sites is 1. The molecule has 3 rings (SSSR count). The lowest BCUT2D eigenvalue weighted by Gasteiger charge is -2.08. The van der Waals surface area contributed by atoms with E-state index in [0.29, 0.717) is 22.9 Å². The lowest BCUT2D eigenvalue weighted by atomic mass is 10.2. The highest BCUT2D eigenvalue weighted by Crippen LogP contribution is 2.22. The maximum absolute atomic E-state index is 12.2. The van der Waals surface area contributed by atoms with Gasteiger partial charge < -0.3 is 15.4 Å². The van der Waals surface area contributed by atoms with Gasteiger partial charge in [-0.05, 0) is 48.5 Å². The molecule has 0 atom stereocenters. The zero-order valence-corrected chi connectivity index (χ0v) is 13.2. The van der Waals surface area contributed by atoms with Gasteiger partial charge in [0.1, 0.15) is 23.0 Å². The molecule has 1 amide bonds. The number of carbonyl (C=O) groups is 1. The topological polar surface area (TPSA) is 63.2 Å². The fourth-order valence-corrected chi connectivity index (χ4v) is 2.13. The van der Waals surface area contributed by atoms with Gasteiger partial charge in [0.25, 0.3) is 5.91 Å². The van der Waals surface area contributed by atoms with E-state index in [1.807, 2.05) is 30.3 Å². The van der Waals surface area contributed by atoms with Gasteiger partial charge in [-0.3, -0.25) is 4.79 Å². The lowest BCUT2D eigenvalue weighted by Crippen LogP contribution is -2.14. The second-order valence-electron chi connectivity index (χ2n) is 5.05. The molecule has 2 aromatic carbocycles. The molecular formula is C19H17N3O2. The number of hydrogen-bond donors (Lipinski definition) is 2. The zero-order chi connectivity index (χ0) is 16.8. The molecule has 0 unspecified atom stereocenters. The summed E-state index contributed by atoms with van der Waals surface area (Å²) in [5.41, 5.74) is 1.03. The van der Waals surface area contributed by atoms with E-state index in [0.717, 1.165) is 5.75 Å². The third kappa shape index (κ3) is 3.89. The summed E-state index contributed by atoms with van der Waals surface area (Å²) >= 11 is 0. The zero-order valence-electron chi connectivity index (χ0n) is 13.2. The first-order valence-electron chi connectivity index (χ1n) is 7.54. The quantitative estimate of drug-likeness (QED) is 0.741. The molecule has 0 radical (unpaired) electrons. The molecule has 1 heterocycles. The molecule has 0 bridgehead atoms. The molecule has 0 aliphatic carbocycles. The molecule has 3 aromatic rings. The Hall–Kier alpha value is -3.34. The Labute approximate surface area is 140 Å². The van der Waals surface area contributed by atoms with Crippen LogP contribution in [0.1, 0.15) is 10.5 Å². The van der Waals surface area contributed by atoms with Crippen molar-refractivity contribution in [3.63, 3.8) is 0 Å². The number of benzene rings is 2. The second-order valence-corrected chi connectivity index (χ2v) is 5.05. The molecule has 0 saturated carbocycles. The van der Waals surface area contributed by atoms with Crippen LogP contribution in [-0.4, -0.2) is 17.9 Å². The van der Waals surface area contributed by atoms with Crippen LogP contribution in [0.2, 0.25) is 0 Å². The van der Waals surface area contributed by atoms with Crippen molar-refractivity contribution < 1.29 is 9.53 Å². The number of nitrogens with zero attached hydrogens (tertiary/aromatic N) is 1. The summed E-state index contributed by atoms with van der Waals surface area (Å²) in [6.07, 6.45) is 0. The largest absolute Gasteiger partial charge is 0.457 e. The maximum atomic E-state index is 12.2. The van der Waals surface area contributed by atoms with Crippen LogP contribution in [0, 0.1) is 0 Å².